The Labute approximate surface area is 110 Å². The van der Waals surface area contributed by atoms with Gasteiger partial charge in [0.1, 0.15) is 0 Å². The molecular formula is C16H25NO. The first kappa shape index (κ1) is 13.6. The van der Waals surface area contributed by atoms with Gasteiger partial charge in [0.05, 0.1) is 12.1 Å². The number of hydrogen-bond acceptors (Lipinski definition) is 2. The van der Waals surface area contributed by atoms with Gasteiger partial charge in [0, 0.05) is 6.04 Å². The van der Waals surface area contributed by atoms with Crippen molar-refractivity contribution < 1.29 is 5.11 Å². The van der Waals surface area contributed by atoms with Gasteiger partial charge in [0.2, 0.25) is 0 Å². The maximum absolute atomic E-state index is 9.67. The van der Waals surface area contributed by atoms with Crippen LogP contribution in [0.2, 0.25) is 0 Å². The molecule has 100 valence electrons. The zero-order valence-corrected chi connectivity index (χ0v) is 11.7. The summed E-state index contributed by atoms with van der Waals surface area (Å²) in [7, 11) is 0. The summed E-state index contributed by atoms with van der Waals surface area (Å²) in [6, 6.07) is 9.29. The molecule has 1 aliphatic rings. The molecule has 1 unspecified atom stereocenters. The minimum atomic E-state index is -0.294. The van der Waals surface area contributed by atoms with Crippen molar-refractivity contribution in [1.82, 2.24) is 5.32 Å². The van der Waals surface area contributed by atoms with Gasteiger partial charge in [-0.1, -0.05) is 38.1 Å². The largest absolute Gasteiger partial charge is 0.394 e. The monoisotopic (exact) mass is 247 g/mol. The van der Waals surface area contributed by atoms with Crippen molar-refractivity contribution in [3.05, 3.63) is 35.4 Å². The molecule has 2 rings (SSSR count). The SMILES string of the molecule is CC(C)Cc1ccc(C(C)(CO)NC2CC2)cc1. The highest BCUT2D eigenvalue weighted by atomic mass is 16.3. The Morgan fingerprint density at radius 1 is 1.28 bits per heavy atom. The van der Waals surface area contributed by atoms with Crippen molar-refractivity contribution in [2.75, 3.05) is 6.61 Å². The van der Waals surface area contributed by atoms with Gasteiger partial charge in [0.15, 0.2) is 0 Å². The second-order valence-corrected chi connectivity index (χ2v) is 6.20. The Kier molecular flexibility index (Phi) is 4.08. The van der Waals surface area contributed by atoms with Gasteiger partial charge < -0.3 is 10.4 Å². The van der Waals surface area contributed by atoms with E-state index < -0.39 is 0 Å². The average Bonchev–Trinajstić information content (AvgIpc) is 3.13. The normalized spacial score (nSPS) is 18.9. The molecule has 0 aromatic heterocycles. The van der Waals surface area contributed by atoms with E-state index >= 15 is 0 Å². The first-order valence-corrected chi connectivity index (χ1v) is 7.01. The van der Waals surface area contributed by atoms with E-state index in [9.17, 15) is 5.11 Å². The predicted octanol–water partition coefficient (Wildman–Crippen LogP) is 2.84. The van der Waals surface area contributed by atoms with Gasteiger partial charge in [0.25, 0.3) is 0 Å². The molecule has 1 saturated carbocycles. The van der Waals surface area contributed by atoms with E-state index in [1.165, 1.54) is 24.0 Å². The van der Waals surface area contributed by atoms with Crippen molar-refractivity contribution in [2.24, 2.45) is 5.92 Å². The minimum Gasteiger partial charge on any atom is -0.394 e. The van der Waals surface area contributed by atoms with E-state index in [0.29, 0.717) is 12.0 Å². The fraction of sp³-hybridized carbons (Fsp3) is 0.625. The van der Waals surface area contributed by atoms with Crippen LogP contribution in [0.25, 0.3) is 0 Å². The van der Waals surface area contributed by atoms with Gasteiger partial charge in [-0.15, -0.1) is 0 Å². The van der Waals surface area contributed by atoms with Crippen molar-refractivity contribution in [3.63, 3.8) is 0 Å². The number of benzene rings is 1. The molecule has 2 N–H and O–H groups in total. The van der Waals surface area contributed by atoms with E-state index in [2.05, 4.69) is 50.4 Å². The van der Waals surface area contributed by atoms with E-state index in [1.807, 2.05) is 0 Å². The molecular weight excluding hydrogens is 222 g/mol. The number of aliphatic hydroxyl groups excluding tert-OH is 1. The molecule has 2 nitrogen and oxygen atoms in total. The maximum Gasteiger partial charge on any atom is 0.0652 e. The molecule has 0 saturated heterocycles. The van der Waals surface area contributed by atoms with Crippen LogP contribution >= 0.6 is 0 Å². The maximum atomic E-state index is 9.67. The lowest BCUT2D eigenvalue weighted by molar-refractivity contribution is 0.173. The van der Waals surface area contributed by atoms with Crippen LogP contribution in [-0.2, 0) is 12.0 Å². The highest BCUT2D eigenvalue weighted by Gasteiger charge is 2.33. The number of rotatable bonds is 6. The zero-order valence-electron chi connectivity index (χ0n) is 11.7. The highest BCUT2D eigenvalue weighted by Crippen LogP contribution is 2.28. The van der Waals surface area contributed by atoms with Crippen LogP contribution in [0.3, 0.4) is 0 Å². The predicted molar refractivity (Wildman–Crippen MR) is 75.6 cm³/mol. The van der Waals surface area contributed by atoms with E-state index in [-0.39, 0.29) is 12.1 Å². The van der Waals surface area contributed by atoms with Gasteiger partial charge in [-0.05, 0) is 43.2 Å². The average molecular weight is 247 g/mol. The smallest absolute Gasteiger partial charge is 0.0652 e. The molecule has 0 spiro atoms. The first-order valence-electron chi connectivity index (χ1n) is 7.01. The molecule has 1 atom stereocenters. The summed E-state index contributed by atoms with van der Waals surface area (Å²) in [5, 5.41) is 13.2. The van der Waals surface area contributed by atoms with Crippen LogP contribution in [0.4, 0.5) is 0 Å². The number of aliphatic hydroxyl groups is 1. The third-order valence-corrected chi connectivity index (χ3v) is 3.65. The molecule has 1 aromatic rings. The number of nitrogens with one attached hydrogen (secondary N) is 1. The van der Waals surface area contributed by atoms with Crippen LogP contribution in [0, 0.1) is 5.92 Å². The first-order chi connectivity index (χ1) is 8.53. The zero-order chi connectivity index (χ0) is 13.2. The fourth-order valence-electron chi connectivity index (χ4n) is 2.38. The van der Waals surface area contributed by atoms with Crippen molar-refractivity contribution in [2.45, 2.75) is 51.6 Å². The lowest BCUT2D eigenvalue weighted by Crippen LogP contribution is -2.44. The summed E-state index contributed by atoms with van der Waals surface area (Å²) in [5.74, 6) is 0.685. The van der Waals surface area contributed by atoms with Crippen molar-refractivity contribution in [3.8, 4) is 0 Å². The molecule has 1 fully saturated rings. The van der Waals surface area contributed by atoms with Crippen LogP contribution in [-0.4, -0.2) is 17.8 Å². The van der Waals surface area contributed by atoms with Crippen LogP contribution < -0.4 is 5.32 Å². The molecule has 0 aliphatic heterocycles. The second-order valence-electron chi connectivity index (χ2n) is 6.20. The van der Waals surface area contributed by atoms with Gasteiger partial charge in [-0.3, -0.25) is 0 Å². The van der Waals surface area contributed by atoms with Crippen LogP contribution in [0.15, 0.2) is 24.3 Å². The van der Waals surface area contributed by atoms with Gasteiger partial charge >= 0.3 is 0 Å². The highest BCUT2D eigenvalue weighted by molar-refractivity contribution is 5.29. The fourth-order valence-corrected chi connectivity index (χ4v) is 2.38. The Balaban J connectivity index is 2.10. The molecule has 0 bridgehead atoms. The minimum absolute atomic E-state index is 0.146. The molecule has 0 heterocycles. The van der Waals surface area contributed by atoms with Crippen LogP contribution in [0.5, 0.6) is 0 Å². The van der Waals surface area contributed by atoms with Crippen molar-refractivity contribution in [1.29, 1.82) is 0 Å². The van der Waals surface area contributed by atoms with E-state index in [1.54, 1.807) is 0 Å². The quantitative estimate of drug-likeness (QED) is 0.810. The second kappa shape index (κ2) is 5.41. The molecule has 2 heteroatoms. The Morgan fingerprint density at radius 2 is 1.89 bits per heavy atom. The summed E-state index contributed by atoms with van der Waals surface area (Å²) in [6.45, 7) is 6.70. The summed E-state index contributed by atoms with van der Waals surface area (Å²) >= 11 is 0. The molecule has 1 aromatic carbocycles. The summed E-state index contributed by atoms with van der Waals surface area (Å²) in [4.78, 5) is 0. The third kappa shape index (κ3) is 3.33. The summed E-state index contributed by atoms with van der Waals surface area (Å²) in [6.07, 6.45) is 3.59. The molecule has 1 aliphatic carbocycles. The Morgan fingerprint density at radius 3 is 2.33 bits per heavy atom. The Bertz CT molecular complexity index is 381. The van der Waals surface area contributed by atoms with Crippen LogP contribution in [0.1, 0.15) is 44.7 Å². The lowest BCUT2D eigenvalue weighted by Gasteiger charge is -2.30. The lowest BCUT2D eigenvalue weighted by atomic mass is 9.91. The summed E-state index contributed by atoms with van der Waals surface area (Å²) in [5.41, 5.74) is 2.27. The standard InChI is InChI=1S/C16H25NO/c1-12(2)10-13-4-6-14(7-5-13)16(3,11-18)17-15-8-9-15/h4-7,12,15,17-18H,8-11H2,1-3H3. The van der Waals surface area contributed by atoms with E-state index in [0.717, 1.165) is 6.42 Å². The third-order valence-electron chi connectivity index (χ3n) is 3.65. The van der Waals surface area contributed by atoms with Gasteiger partial charge in [-0.25, -0.2) is 0 Å². The van der Waals surface area contributed by atoms with Gasteiger partial charge in [-0.2, -0.15) is 0 Å². The number of hydrogen-bond donors (Lipinski definition) is 2. The molecule has 0 amide bonds. The Hall–Kier alpha value is -0.860. The van der Waals surface area contributed by atoms with E-state index in [4.69, 9.17) is 0 Å². The van der Waals surface area contributed by atoms with Crippen molar-refractivity contribution >= 4 is 0 Å². The topological polar surface area (TPSA) is 32.3 Å². The molecule has 0 radical (unpaired) electrons. The summed E-state index contributed by atoms with van der Waals surface area (Å²) < 4.78 is 0. The molecule has 18 heavy (non-hydrogen) atoms.